The quantitative estimate of drug-likeness (QED) is 0.851. The van der Waals surface area contributed by atoms with Crippen LogP contribution in [0.15, 0.2) is 29.6 Å². The lowest BCUT2D eigenvalue weighted by Gasteiger charge is -2.23. The number of aromatic nitrogens is 1. The van der Waals surface area contributed by atoms with Crippen LogP contribution in [0.1, 0.15) is 19.5 Å². The molecule has 118 valence electrons. The Balaban J connectivity index is 2.18. The van der Waals surface area contributed by atoms with Gasteiger partial charge in [-0.3, -0.25) is 9.69 Å². The van der Waals surface area contributed by atoms with Crippen molar-refractivity contribution in [2.75, 3.05) is 13.7 Å². The zero-order valence-electron chi connectivity index (χ0n) is 13.1. The number of carbonyl (C=O) groups excluding carboxylic acids is 1. The van der Waals surface area contributed by atoms with Crippen molar-refractivity contribution in [1.29, 1.82) is 0 Å². The van der Waals surface area contributed by atoms with Crippen molar-refractivity contribution in [1.82, 2.24) is 9.88 Å². The molecule has 0 unspecified atom stereocenters. The van der Waals surface area contributed by atoms with Crippen LogP contribution in [0.2, 0.25) is 0 Å². The maximum Gasteiger partial charge on any atom is 0.231 e. The first-order valence-corrected chi connectivity index (χ1v) is 7.99. The normalized spacial score (nSPS) is 11.1. The molecule has 0 saturated carbocycles. The molecule has 0 radical (unpaired) electrons. The van der Waals surface area contributed by atoms with E-state index in [-0.39, 0.29) is 18.5 Å². The maximum atomic E-state index is 11.2. The van der Waals surface area contributed by atoms with Crippen LogP contribution in [0, 0.1) is 0 Å². The minimum absolute atomic E-state index is 0.226. The zero-order chi connectivity index (χ0) is 16.1. The highest BCUT2D eigenvalue weighted by atomic mass is 32.1. The summed E-state index contributed by atoms with van der Waals surface area (Å²) < 4.78 is 5.38. The molecule has 1 amide bonds. The predicted octanol–water partition coefficient (Wildman–Crippen LogP) is 2.51. The van der Waals surface area contributed by atoms with Crippen LogP contribution in [0.25, 0.3) is 10.6 Å². The van der Waals surface area contributed by atoms with E-state index in [9.17, 15) is 4.79 Å². The summed E-state index contributed by atoms with van der Waals surface area (Å²) in [6.45, 7) is 4.92. The highest BCUT2D eigenvalue weighted by Crippen LogP contribution is 2.32. The monoisotopic (exact) mass is 319 g/mol. The summed E-state index contributed by atoms with van der Waals surface area (Å²) in [5.74, 6) is 0.482. The van der Waals surface area contributed by atoms with E-state index in [0.717, 1.165) is 22.0 Å². The van der Waals surface area contributed by atoms with Crippen molar-refractivity contribution in [2.24, 2.45) is 5.73 Å². The summed E-state index contributed by atoms with van der Waals surface area (Å²) in [4.78, 5) is 17.8. The number of carbonyl (C=O) groups is 1. The van der Waals surface area contributed by atoms with Crippen molar-refractivity contribution in [3.63, 3.8) is 0 Å². The molecule has 22 heavy (non-hydrogen) atoms. The van der Waals surface area contributed by atoms with Gasteiger partial charge in [-0.1, -0.05) is 12.1 Å². The van der Waals surface area contributed by atoms with Crippen molar-refractivity contribution < 1.29 is 9.53 Å². The Labute approximate surface area is 134 Å². The van der Waals surface area contributed by atoms with E-state index < -0.39 is 0 Å². The van der Waals surface area contributed by atoms with Crippen LogP contribution in [-0.2, 0) is 11.3 Å². The Hall–Kier alpha value is -1.92. The molecule has 6 heteroatoms. The second kappa shape index (κ2) is 7.38. The fourth-order valence-electron chi connectivity index (χ4n) is 2.15. The Bertz CT molecular complexity index is 640. The molecule has 0 atom stereocenters. The molecule has 2 N–H and O–H groups in total. The number of methoxy groups -OCH3 is 1. The highest BCUT2D eigenvalue weighted by molar-refractivity contribution is 7.13. The Morgan fingerprint density at radius 1 is 1.41 bits per heavy atom. The first-order chi connectivity index (χ1) is 10.5. The van der Waals surface area contributed by atoms with Gasteiger partial charge in [0.05, 0.1) is 24.9 Å². The predicted molar refractivity (Wildman–Crippen MR) is 88.8 cm³/mol. The highest BCUT2D eigenvalue weighted by Gasteiger charge is 2.16. The van der Waals surface area contributed by atoms with Gasteiger partial charge in [0, 0.05) is 18.0 Å². The van der Waals surface area contributed by atoms with Gasteiger partial charge in [0.1, 0.15) is 10.8 Å². The van der Waals surface area contributed by atoms with Gasteiger partial charge in [-0.15, -0.1) is 11.3 Å². The first-order valence-electron chi connectivity index (χ1n) is 7.11. The number of nitrogens with zero attached hydrogens (tertiary/aromatic N) is 2. The average Bonchev–Trinajstić information content (AvgIpc) is 2.94. The number of amides is 1. The number of hydrogen-bond acceptors (Lipinski definition) is 5. The first kappa shape index (κ1) is 16.5. The number of ether oxygens (including phenoxy) is 1. The van der Waals surface area contributed by atoms with Crippen molar-refractivity contribution in [3.8, 4) is 16.3 Å². The molecular weight excluding hydrogens is 298 g/mol. The third-order valence-electron chi connectivity index (χ3n) is 3.34. The van der Waals surface area contributed by atoms with Gasteiger partial charge in [-0.05, 0) is 26.0 Å². The van der Waals surface area contributed by atoms with Crippen LogP contribution in [0.5, 0.6) is 5.75 Å². The maximum absolute atomic E-state index is 11.2. The number of hydrogen-bond donors (Lipinski definition) is 1. The summed E-state index contributed by atoms with van der Waals surface area (Å²) in [6, 6.07) is 8.04. The molecule has 0 saturated heterocycles. The third kappa shape index (κ3) is 4.05. The van der Waals surface area contributed by atoms with Crippen molar-refractivity contribution in [2.45, 2.75) is 26.4 Å². The van der Waals surface area contributed by atoms with Gasteiger partial charge in [0.2, 0.25) is 5.91 Å². The fourth-order valence-corrected chi connectivity index (χ4v) is 2.99. The smallest absolute Gasteiger partial charge is 0.231 e. The molecule has 0 fully saturated rings. The number of benzene rings is 1. The van der Waals surface area contributed by atoms with Crippen LogP contribution < -0.4 is 10.5 Å². The molecule has 1 aromatic carbocycles. The van der Waals surface area contributed by atoms with Crippen LogP contribution >= 0.6 is 11.3 Å². The van der Waals surface area contributed by atoms with Crippen LogP contribution in [0.4, 0.5) is 0 Å². The topological polar surface area (TPSA) is 68.4 Å². The molecule has 1 heterocycles. The van der Waals surface area contributed by atoms with Crippen LogP contribution in [-0.4, -0.2) is 35.5 Å². The fraction of sp³-hybridized carbons (Fsp3) is 0.375. The Morgan fingerprint density at radius 2 is 2.14 bits per heavy atom. The van der Waals surface area contributed by atoms with Gasteiger partial charge in [0.15, 0.2) is 0 Å². The summed E-state index contributed by atoms with van der Waals surface area (Å²) in [7, 11) is 1.65. The molecule has 0 aliphatic heterocycles. The molecule has 5 nitrogen and oxygen atoms in total. The van der Waals surface area contributed by atoms with E-state index in [0.29, 0.717) is 6.54 Å². The van der Waals surface area contributed by atoms with E-state index in [1.165, 1.54) is 0 Å². The number of nitrogens with two attached hydrogens (primary N) is 1. The third-order valence-corrected chi connectivity index (χ3v) is 4.27. The zero-order valence-corrected chi connectivity index (χ0v) is 13.9. The van der Waals surface area contributed by atoms with Gasteiger partial charge in [-0.2, -0.15) is 0 Å². The molecule has 0 aliphatic carbocycles. The lowest BCUT2D eigenvalue weighted by atomic mass is 10.2. The average molecular weight is 319 g/mol. The summed E-state index contributed by atoms with van der Waals surface area (Å²) in [5, 5.41) is 2.92. The molecule has 0 aliphatic rings. The standard InChI is InChI=1S/C16H21N3O2S/c1-11(2)19(9-15(17)20)8-12-10-22-16(18-12)13-6-4-5-7-14(13)21-3/h4-7,10-11H,8-9H2,1-3H3,(H2,17,20). The molecular formula is C16H21N3O2S. The van der Waals surface area contributed by atoms with E-state index in [1.54, 1.807) is 18.4 Å². The van der Waals surface area contributed by atoms with E-state index in [2.05, 4.69) is 4.98 Å². The molecule has 0 bridgehead atoms. The second-order valence-corrected chi connectivity index (χ2v) is 6.17. The SMILES string of the molecule is COc1ccccc1-c1nc(CN(CC(N)=O)C(C)C)cs1. The van der Waals surface area contributed by atoms with Gasteiger partial charge in [-0.25, -0.2) is 4.98 Å². The largest absolute Gasteiger partial charge is 0.496 e. The van der Waals surface area contributed by atoms with Crippen molar-refractivity contribution in [3.05, 3.63) is 35.3 Å². The Kier molecular flexibility index (Phi) is 5.51. The van der Waals surface area contributed by atoms with Crippen molar-refractivity contribution >= 4 is 17.2 Å². The number of thiazole rings is 1. The minimum Gasteiger partial charge on any atom is -0.496 e. The number of rotatable bonds is 7. The molecule has 2 rings (SSSR count). The summed E-state index contributed by atoms with van der Waals surface area (Å²) in [6.07, 6.45) is 0. The molecule has 2 aromatic rings. The lowest BCUT2D eigenvalue weighted by Crippen LogP contribution is -2.38. The molecule has 0 spiro atoms. The minimum atomic E-state index is -0.325. The van der Waals surface area contributed by atoms with E-state index in [4.69, 9.17) is 10.5 Å². The Morgan fingerprint density at radius 3 is 2.77 bits per heavy atom. The second-order valence-electron chi connectivity index (χ2n) is 5.31. The van der Waals surface area contributed by atoms with Crippen LogP contribution in [0.3, 0.4) is 0 Å². The summed E-state index contributed by atoms with van der Waals surface area (Å²) in [5.41, 5.74) is 7.21. The van der Waals surface area contributed by atoms with Gasteiger partial charge >= 0.3 is 0 Å². The lowest BCUT2D eigenvalue weighted by molar-refractivity contribution is -0.119. The van der Waals surface area contributed by atoms with E-state index >= 15 is 0 Å². The molecule has 1 aromatic heterocycles. The number of primary amides is 1. The summed E-state index contributed by atoms with van der Waals surface area (Å²) >= 11 is 1.57. The van der Waals surface area contributed by atoms with E-state index in [1.807, 2.05) is 48.4 Å². The van der Waals surface area contributed by atoms with Gasteiger partial charge in [0.25, 0.3) is 0 Å². The number of para-hydroxylation sites is 1. The van der Waals surface area contributed by atoms with Gasteiger partial charge < -0.3 is 10.5 Å².